The Kier molecular flexibility index (Phi) is 11.6. The number of esters is 2. The molecule has 0 unspecified atom stereocenters. The minimum Gasteiger partial charge on any atom is -0.478 e. The quantitative estimate of drug-likeness (QED) is 0.235. The zero-order valence-electron chi connectivity index (χ0n) is 17.9. The molecule has 0 heterocycles. The van der Waals surface area contributed by atoms with Crippen molar-refractivity contribution in [2.75, 3.05) is 13.2 Å². The van der Waals surface area contributed by atoms with E-state index in [4.69, 9.17) is 14.6 Å². The van der Waals surface area contributed by atoms with Gasteiger partial charge in [-0.15, -0.1) is 0 Å². The molecule has 0 saturated heterocycles. The first-order valence-electron chi connectivity index (χ1n) is 10.3. The predicted molar refractivity (Wildman–Crippen MR) is 113 cm³/mol. The first kappa shape index (κ1) is 25.9. The van der Waals surface area contributed by atoms with Gasteiger partial charge in [0.15, 0.2) is 0 Å². The number of carboxylic acids is 2. The van der Waals surface area contributed by atoms with Crippen LogP contribution in [-0.4, -0.2) is 47.3 Å². The molecule has 8 nitrogen and oxygen atoms in total. The smallest absolute Gasteiger partial charge is 0.339 e. The molecule has 0 amide bonds. The van der Waals surface area contributed by atoms with Crippen LogP contribution in [0, 0.1) is 0 Å². The molecule has 31 heavy (non-hydrogen) atoms. The zero-order valence-corrected chi connectivity index (χ0v) is 17.9. The van der Waals surface area contributed by atoms with Crippen LogP contribution in [-0.2, 0) is 14.3 Å². The fraction of sp³-hybridized carbons (Fsp3) is 0.478. The Morgan fingerprint density at radius 1 is 0.774 bits per heavy atom. The summed E-state index contributed by atoms with van der Waals surface area (Å²) in [5, 5.41) is 18.4. The molecule has 0 radical (unpaired) electrons. The van der Waals surface area contributed by atoms with Gasteiger partial charge in [-0.3, -0.25) is 0 Å². The molecule has 0 saturated carbocycles. The Morgan fingerprint density at radius 3 is 1.74 bits per heavy atom. The van der Waals surface area contributed by atoms with E-state index in [0.29, 0.717) is 18.6 Å². The van der Waals surface area contributed by atoms with Crippen molar-refractivity contribution in [3.8, 4) is 0 Å². The predicted octanol–water partition coefficient (Wildman–Crippen LogP) is 4.48. The fourth-order valence-corrected chi connectivity index (χ4v) is 2.93. The van der Waals surface area contributed by atoms with Gasteiger partial charge in [0.2, 0.25) is 0 Å². The third-order valence-electron chi connectivity index (χ3n) is 4.58. The lowest BCUT2D eigenvalue weighted by Gasteiger charge is -2.09. The SMILES string of the molecule is C=C(C)C(=O)OCCCCCCCCCCOC(=O)c1cccc(C(=O)O)c1C(=O)O. The summed E-state index contributed by atoms with van der Waals surface area (Å²) >= 11 is 0. The maximum Gasteiger partial charge on any atom is 0.339 e. The molecular weight excluding hydrogens is 404 g/mol. The van der Waals surface area contributed by atoms with Crippen molar-refractivity contribution in [2.45, 2.75) is 58.3 Å². The summed E-state index contributed by atoms with van der Waals surface area (Å²) in [5.74, 6) is -4.10. The van der Waals surface area contributed by atoms with E-state index in [1.807, 2.05) is 0 Å². The average Bonchev–Trinajstić information content (AvgIpc) is 2.73. The third-order valence-corrected chi connectivity index (χ3v) is 4.58. The summed E-state index contributed by atoms with van der Waals surface area (Å²) in [5.41, 5.74) is -0.867. The highest BCUT2D eigenvalue weighted by molar-refractivity contribution is 6.09. The van der Waals surface area contributed by atoms with E-state index >= 15 is 0 Å². The molecule has 2 N–H and O–H groups in total. The van der Waals surface area contributed by atoms with E-state index in [1.165, 1.54) is 12.1 Å². The molecule has 1 aromatic carbocycles. The minimum absolute atomic E-state index is 0.142. The molecule has 8 heteroatoms. The summed E-state index contributed by atoms with van der Waals surface area (Å²) in [6.07, 6.45) is 7.48. The fourth-order valence-electron chi connectivity index (χ4n) is 2.93. The molecule has 0 aliphatic heterocycles. The minimum atomic E-state index is -1.49. The van der Waals surface area contributed by atoms with Crippen molar-refractivity contribution in [1.29, 1.82) is 0 Å². The maximum atomic E-state index is 12.2. The largest absolute Gasteiger partial charge is 0.478 e. The topological polar surface area (TPSA) is 127 Å². The van der Waals surface area contributed by atoms with Crippen molar-refractivity contribution in [3.05, 3.63) is 47.0 Å². The van der Waals surface area contributed by atoms with Crippen LogP contribution >= 0.6 is 0 Å². The normalized spacial score (nSPS) is 10.4. The molecule has 1 aromatic rings. The van der Waals surface area contributed by atoms with E-state index in [0.717, 1.165) is 51.0 Å². The van der Waals surface area contributed by atoms with Gasteiger partial charge in [0.05, 0.1) is 29.9 Å². The van der Waals surface area contributed by atoms with Gasteiger partial charge in [0.25, 0.3) is 0 Å². The molecular formula is C23H30O8. The van der Waals surface area contributed by atoms with E-state index in [9.17, 15) is 24.3 Å². The summed E-state index contributed by atoms with van der Waals surface area (Å²) in [4.78, 5) is 45.9. The second-order valence-corrected chi connectivity index (χ2v) is 7.22. The average molecular weight is 434 g/mol. The molecule has 0 bridgehead atoms. The van der Waals surface area contributed by atoms with Crippen LogP contribution in [0.5, 0.6) is 0 Å². The number of rotatable bonds is 15. The van der Waals surface area contributed by atoms with Gasteiger partial charge in [-0.25, -0.2) is 19.2 Å². The monoisotopic (exact) mass is 434 g/mol. The van der Waals surface area contributed by atoms with Crippen molar-refractivity contribution in [3.63, 3.8) is 0 Å². The summed E-state index contributed by atoms with van der Waals surface area (Å²) in [6.45, 7) is 5.70. The van der Waals surface area contributed by atoms with Crippen molar-refractivity contribution in [1.82, 2.24) is 0 Å². The first-order valence-corrected chi connectivity index (χ1v) is 10.3. The van der Waals surface area contributed by atoms with Crippen LogP contribution < -0.4 is 0 Å². The standard InChI is InChI=1S/C23H30O8/c1-16(2)22(28)30-14-9-7-5-3-4-6-8-10-15-31-23(29)18-13-11-12-17(20(24)25)19(18)21(26)27/h11-13H,1,3-10,14-15H2,2H3,(H,24,25)(H,26,27). The van der Waals surface area contributed by atoms with Gasteiger partial charge in [0.1, 0.15) is 0 Å². The van der Waals surface area contributed by atoms with Gasteiger partial charge >= 0.3 is 23.9 Å². The lowest BCUT2D eigenvalue weighted by molar-refractivity contribution is -0.139. The first-order chi connectivity index (χ1) is 14.8. The molecule has 170 valence electrons. The Labute approximate surface area is 181 Å². The van der Waals surface area contributed by atoms with Crippen LogP contribution in [0.25, 0.3) is 0 Å². The Bertz CT molecular complexity index is 797. The number of aromatic carboxylic acids is 2. The lowest BCUT2D eigenvalue weighted by Crippen LogP contribution is -2.16. The lowest BCUT2D eigenvalue weighted by atomic mass is 10.0. The number of carbonyl (C=O) groups excluding carboxylic acids is 2. The van der Waals surface area contributed by atoms with Gasteiger partial charge in [-0.05, 0) is 31.9 Å². The highest BCUT2D eigenvalue weighted by Gasteiger charge is 2.24. The van der Waals surface area contributed by atoms with Crippen LogP contribution in [0.4, 0.5) is 0 Å². The van der Waals surface area contributed by atoms with Gasteiger partial charge in [-0.1, -0.05) is 51.2 Å². The van der Waals surface area contributed by atoms with E-state index in [1.54, 1.807) is 6.92 Å². The van der Waals surface area contributed by atoms with Gasteiger partial charge < -0.3 is 19.7 Å². The summed E-state index contributed by atoms with van der Waals surface area (Å²) in [7, 11) is 0. The van der Waals surface area contributed by atoms with Gasteiger partial charge in [0, 0.05) is 5.57 Å². The number of hydrogen-bond donors (Lipinski definition) is 2. The van der Waals surface area contributed by atoms with Crippen molar-refractivity contribution < 1.29 is 38.9 Å². The molecule has 1 rings (SSSR count). The molecule has 0 aromatic heterocycles. The number of carboxylic acid groups (broad SMARTS) is 2. The van der Waals surface area contributed by atoms with Crippen molar-refractivity contribution in [2.24, 2.45) is 0 Å². The maximum absolute atomic E-state index is 12.2. The number of carbonyl (C=O) groups is 4. The Morgan fingerprint density at radius 2 is 1.26 bits per heavy atom. The van der Waals surface area contributed by atoms with Crippen LogP contribution in [0.15, 0.2) is 30.4 Å². The highest BCUT2D eigenvalue weighted by atomic mass is 16.5. The van der Waals surface area contributed by atoms with Crippen molar-refractivity contribution >= 4 is 23.9 Å². The van der Waals surface area contributed by atoms with E-state index < -0.39 is 29.0 Å². The second kappa shape index (κ2) is 14.0. The second-order valence-electron chi connectivity index (χ2n) is 7.22. The molecule has 0 spiro atoms. The van der Waals surface area contributed by atoms with Gasteiger partial charge in [-0.2, -0.15) is 0 Å². The zero-order chi connectivity index (χ0) is 23.2. The number of unbranched alkanes of at least 4 members (excludes halogenated alkanes) is 7. The Balaban J connectivity index is 2.19. The van der Waals surface area contributed by atoms with Crippen LogP contribution in [0.2, 0.25) is 0 Å². The Hall–Kier alpha value is -3.16. The third kappa shape index (κ3) is 9.46. The highest BCUT2D eigenvalue weighted by Crippen LogP contribution is 2.17. The number of hydrogen-bond acceptors (Lipinski definition) is 6. The molecule has 0 aliphatic carbocycles. The number of benzene rings is 1. The summed E-state index contributed by atoms with van der Waals surface area (Å²) < 4.78 is 10.1. The molecule has 0 atom stereocenters. The van der Waals surface area contributed by atoms with E-state index in [2.05, 4.69) is 6.58 Å². The van der Waals surface area contributed by atoms with Crippen LogP contribution in [0.1, 0.15) is 89.4 Å². The molecule has 0 aliphatic rings. The van der Waals surface area contributed by atoms with E-state index in [-0.39, 0.29) is 18.1 Å². The van der Waals surface area contributed by atoms with Crippen LogP contribution in [0.3, 0.4) is 0 Å². The summed E-state index contributed by atoms with van der Waals surface area (Å²) in [6, 6.07) is 3.70. The number of ether oxygens (including phenoxy) is 2. The molecule has 0 fully saturated rings.